The number of rotatable bonds is 6. The number of nitro benzene ring substituents is 2. The highest BCUT2D eigenvalue weighted by Gasteiger charge is 2.15. The molecule has 1 saturated heterocycles. The minimum Gasteiger partial charge on any atom is -0.507 e. The zero-order chi connectivity index (χ0) is 25.5. The van der Waals surface area contributed by atoms with E-state index in [0.29, 0.717) is 28.5 Å². The summed E-state index contributed by atoms with van der Waals surface area (Å²) in [5.74, 6) is 0.751. The predicted molar refractivity (Wildman–Crippen MR) is 136 cm³/mol. The Hall–Kier alpha value is -4.28. The minimum atomic E-state index is -0.457. The standard InChI is InChI=1S/C16H18N2O4.C10H7NO3/c19-18(20)15-5-6-16(14-4-2-1-3-13(14)15)22-12-9-17-7-10-21-11-8-17;12-10-6-5-9(11(13)14)7-3-1-2-4-8(7)10/h1-6H,7-12H2;1-6,12H. The normalized spacial score (nSPS) is 13.7. The molecule has 186 valence electrons. The molecule has 0 bridgehead atoms. The number of benzene rings is 4. The van der Waals surface area contributed by atoms with Crippen molar-refractivity contribution in [3.05, 3.63) is 93.0 Å². The molecule has 5 rings (SSSR count). The van der Waals surface area contributed by atoms with Gasteiger partial charge in [0.25, 0.3) is 11.4 Å². The van der Waals surface area contributed by atoms with Crippen molar-refractivity contribution in [1.82, 2.24) is 4.90 Å². The molecule has 0 amide bonds. The fraction of sp³-hybridized carbons (Fsp3) is 0.231. The number of non-ortho nitro benzene ring substituents is 2. The van der Waals surface area contributed by atoms with E-state index in [9.17, 15) is 25.3 Å². The Balaban J connectivity index is 0.000000187. The molecule has 1 aliphatic heterocycles. The summed E-state index contributed by atoms with van der Waals surface area (Å²) >= 11 is 0. The van der Waals surface area contributed by atoms with E-state index in [1.165, 1.54) is 18.2 Å². The van der Waals surface area contributed by atoms with Crippen LogP contribution in [0.15, 0.2) is 72.8 Å². The zero-order valence-corrected chi connectivity index (χ0v) is 19.4. The van der Waals surface area contributed by atoms with E-state index in [1.807, 2.05) is 12.1 Å². The van der Waals surface area contributed by atoms with Crippen LogP contribution in [0.4, 0.5) is 11.4 Å². The monoisotopic (exact) mass is 491 g/mol. The topological polar surface area (TPSA) is 128 Å². The van der Waals surface area contributed by atoms with Gasteiger partial charge in [0.15, 0.2) is 0 Å². The van der Waals surface area contributed by atoms with Crippen LogP contribution in [-0.4, -0.2) is 59.3 Å². The highest BCUT2D eigenvalue weighted by Crippen LogP contribution is 2.33. The molecule has 1 heterocycles. The van der Waals surface area contributed by atoms with Crippen LogP contribution < -0.4 is 4.74 Å². The van der Waals surface area contributed by atoms with E-state index < -0.39 is 4.92 Å². The van der Waals surface area contributed by atoms with E-state index in [2.05, 4.69) is 4.90 Å². The lowest BCUT2D eigenvalue weighted by Gasteiger charge is -2.26. The molecule has 4 aromatic carbocycles. The van der Waals surface area contributed by atoms with Crippen molar-refractivity contribution < 1.29 is 24.4 Å². The lowest BCUT2D eigenvalue weighted by atomic mass is 10.1. The first-order valence-corrected chi connectivity index (χ1v) is 11.4. The smallest absolute Gasteiger partial charge is 0.277 e. The first kappa shape index (κ1) is 24.8. The van der Waals surface area contributed by atoms with Gasteiger partial charge in [0.05, 0.1) is 33.8 Å². The van der Waals surface area contributed by atoms with Crippen LogP contribution in [0.1, 0.15) is 0 Å². The number of aromatic hydroxyl groups is 1. The number of nitrogens with zero attached hydrogens (tertiary/aromatic N) is 3. The van der Waals surface area contributed by atoms with Gasteiger partial charge in [-0.3, -0.25) is 25.1 Å². The van der Waals surface area contributed by atoms with E-state index in [1.54, 1.807) is 42.5 Å². The zero-order valence-electron chi connectivity index (χ0n) is 19.4. The van der Waals surface area contributed by atoms with Crippen LogP contribution in [0.25, 0.3) is 21.5 Å². The second-order valence-electron chi connectivity index (χ2n) is 8.09. The van der Waals surface area contributed by atoms with Gasteiger partial charge in [-0.15, -0.1) is 0 Å². The van der Waals surface area contributed by atoms with Crippen molar-refractivity contribution in [3.63, 3.8) is 0 Å². The Kier molecular flexibility index (Phi) is 7.89. The fourth-order valence-electron chi connectivity index (χ4n) is 4.08. The minimum absolute atomic E-state index is 0.0124. The third kappa shape index (κ3) is 5.68. The summed E-state index contributed by atoms with van der Waals surface area (Å²) in [6, 6.07) is 19.8. The lowest BCUT2D eigenvalue weighted by molar-refractivity contribution is -0.383. The fourth-order valence-corrected chi connectivity index (χ4v) is 4.08. The van der Waals surface area contributed by atoms with Crippen LogP contribution in [0.3, 0.4) is 0 Å². The molecule has 0 radical (unpaired) electrons. The highest BCUT2D eigenvalue weighted by atomic mass is 16.6. The van der Waals surface area contributed by atoms with Gasteiger partial charge in [-0.1, -0.05) is 36.4 Å². The van der Waals surface area contributed by atoms with Crippen LogP contribution in [0, 0.1) is 20.2 Å². The molecule has 0 saturated carbocycles. The molecule has 0 atom stereocenters. The molecule has 4 aromatic rings. The largest absolute Gasteiger partial charge is 0.507 e. The molecule has 1 N–H and O–H groups in total. The molecule has 0 aromatic heterocycles. The Morgan fingerprint density at radius 3 is 1.92 bits per heavy atom. The number of fused-ring (bicyclic) bond motifs is 2. The number of nitro groups is 2. The second-order valence-corrected chi connectivity index (χ2v) is 8.09. The van der Waals surface area contributed by atoms with Crippen LogP contribution in [-0.2, 0) is 4.74 Å². The van der Waals surface area contributed by atoms with Crippen molar-refractivity contribution in [1.29, 1.82) is 0 Å². The summed E-state index contributed by atoms with van der Waals surface area (Å²) in [6.07, 6.45) is 0. The Bertz CT molecular complexity index is 1390. The SMILES string of the molecule is O=[N+]([O-])c1ccc(O)c2ccccc12.O=[N+]([O-])c1ccc(OCCN2CCOCC2)c2ccccc12. The molecule has 1 aliphatic rings. The average Bonchev–Trinajstić information content (AvgIpc) is 2.90. The molecular formula is C26H25N3O7. The molecule has 10 nitrogen and oxygen atoms in total. The highest BCUT2D eigenvalue weighted by molar-refractivity contribution is 5.96. The van der Waals surface area contributed by atoms with Gasteiger partial charge in [-0.05, 0) is 24.3 Å². The first-order valence-electron chi connectivity index (χ1n) is 11.4. The van der Waals surface area contributed by atoms with Crippen LogP contribution >= 0.6 is 0 Å². The van der Waals surface area contributed by atoms with Crippen molar-refractivity contribution in [2.24, 2.45) is 0 Å². The molecule has 0 unspecified atom stereocenters. The van der Waals surface area contributed by atoms with Gasteiger partial charge in [0, 0.05) is 42.5 Å². The van der Waals surface area contributed by atoms with E-state index in [4.69, 9.17) is 9.47 Å². The van der Waals surface area contributed by atoms with E-state index in [-0.39, 0.29) is 22.0 Å². The number of hydrogen-bond acceptors (Lipinski definition) is 8. The second kappa shape index (κ2) is 11.4. The van der Waals surface area contributed by atoms with Gasteiger partial charge in [0.2, 0.25) is 0 Å². The number of morpholine rings is 1. The molecule has 1 fully saturated rings. The van der Waals surface area contributed by atoms with E-state index in [0.717, 1.165) is 38.2 Å². The molecule has 36 heavy (non-hydrogen) atoms. The number of hydrogen-bond donors (Lipinski definition) is 1. The summed E-state index contributed by atoms with van der Waals surface area (Å²) in [4.78, 5) is 23.2. The summed E-state index contributed by atoms with van der Waals surface area (Å²) in [5, 5.41) is 33.5. The average molecular weight is 492 g/mol. The van der Waals surface area contributed by atoms with Crippen LogP contribution in [0.2, 0.25) is 0 Å². The number of phenolic OH excluding ortho intramolecular Hbond substituents is 1. The van der Waals surface area contributed by atoms with Crippen molar-refractivity contribution >= 4 is 32.9 Å². The maximum Gasteiger partial charge on any atom is 0.277 e. The quantitative estimate of drug-likeness (QED) is 0.298. The molecule has 10 heteroatoms. The van der Waals surface area contributed by atoms with Crippen molar-refractivity contribution in [2.45, 2.75) is 0 Å². The molecule has 0 spiro atoms. The maximum absolute atomic E-state index is 11.1. The third-order valence-electron chi connectivity index (χ3n) is 5.90. The van der Waals surface area contributed by atoms with Gasteiger partial charge in [-0.2, -0.15) is 0 Å². The van der Waals surface area contributed by atoms with E-state index >= 15 is 0 Å². The van der Waals surface area contributed by atoms with Gasteiger partial charge < -0.3 is 14.6 Å². The predicted octanol–water partition coefficient (Wildman–Crippen LogP) is 4.91. The molecular weight excluding hydrogens is 466 g/mol. The van der Waals surface area contributed by atoms with Gasteiger partial charge in [-0.25, -0.2) is 0 Å². The van der Waals surface area contributed by atoms with Gasteiger partial charge >= 0.3 is 0 Å². The van der Waals surface area contributed by atoms with Gasteiger partial charge in [0.1, 0.15) is 18.1 Å². The first-order chi connectivity index (χ1) is 17.5. The maximum atomic E-state index is 11.1. The van der Waals surface area contributed by atoms with Crippen molar-refractivity contribution in [3.8, 4) is 11.5 Å². The lowest BCUT2D eigenvalue weighted by Crippen LogP contribution is -2.38. The third-order valence-corrected chi connectivity index (χ3v) is 5.90. The summed E-state index contributed by atoms with van der Waals surface area (Å²) in [6.45, 7) is 4.76. The Morgan fingerprint density at radius 2 is 1.31 bits per heavy atom. The summed E-state index contributed by atoms with van der Waals surface area (Å²) in [5.41, 5.74) is 0.120. The summed E-state index contributed by atoms with van der Waals surface area (Å²) in [7, 11) is 0. The number of ether oxygens (including phenoxy) is 2. The van der Waals surface area contributed by atoms with Crippen LogP contribution in [0.5, 0.6) is 11.5 Å². The van der Waals surface area contributed by atoms with Crippen molar-refractivity contribution in [2.75, 3.05) is 39.5 Å². The number of phenols is 1. The Labute approximate surface area is 206 Å². The Morgan fingerprint density at radius 1 is 0.778 bits per heavy atom. The summed E-state index contributed by atoms with van der Waals surface area (Å²) < 4.78 is 11.2. The molecule has 0 aliphatic carbocycles.